The van der Waals surface area contributed by atoms with Gasteiger partial charge in [-0.1, -0.05) is 13.3 Å². The van der Waals surface area contributed by atoms with Crippen molar-refractivity contribution in [2.75, 3.05) is 7.05 Å². The summed E-state index contributed by atoms with van der Waals surface area (Å²) in [5.41, 5.74) is 5.56. The smallest absolute Gasteiger partial charge is 0.252 e. The van der Waals surface area contributed by atoms with Crippen LogP contribution in [0, 0.1) is 5.92 Å². The van der Waals surface area contributed by atoms with E-state index in [1.165, 1.54) is 17.8 Å². The van der Waals surface area contributed by atoms with Gasteiger partial charge in [-0.15, -0.1) is 11.3 Å². The van der Waals surface area contributed by atoms with Crippen LogP contribution >= 0.6 is 11.3 Å². The molecule has 20 heavy (non-hydrogen) atoms. The first-order valence-electron chi connectivity index (χ1n) is 7.25. The van der Waals surface area contributed by atoms with Crippen molar-refractivity contribution in [3.63, 3.8) is 0 Å². The Balaban J connectivity index is 2.09. The number of nitrogens with two attached hydrogens (primary N) is 1. The lowest BCUT2D eigenvalue weighted by molar-refractivity contribution is 0.233. The molecule has 4 nitrogen and oxygen atoms in total. The lowest BCUT2D eigenvalue weighted by atomic mass is 9.85. The molecule has 6 heteroatoms. The number of hydrogen-bond acceptors (Lipinski definition) is 4. The molecule has 0 bridgehead atoms. The molecular weight excluding hydrogens is 292 g/mol. The minimum atomic E-state index is -3.36. The van der Waals surface area contributed by atoms with Gasteiger partial charge in [-0.2, -0.15) is 4.31 Å². The Morgan fingerprint density at radius 2 is 1.95 bits per heavy atom. The molecule has 2 N–H and O–H groups in total. The van der Waals surface area contributed by atoms with Gasteiger partial charge < -0.3 is 5.73 Å². The van der Waals surface area contributed by atoms with Crippen LogP contribution in [0.4, 0.5) is 0 Å². The van der Waals surface area contributed by atoms with Crippen LogP contribution in [0.1, 0.15) is 43.9 Å². The summed E-state index contributed by atoms with van der Waals surface area (Å²) in [6, 6.07) is 3.63. The third-order valence-electron chi connectivity index (χ3n) is 4.38. The van der Waals surface area contributed by atoms with Crippen LogP contribution in [0.15, 0.2) is 16.3 Å². The number of rotatable bonds is 5. The van der Waals surface area contributed by atoms with Gasteiger partial charge in [0, 0.05) is 24.5 Å². The van der Waals surface area contributed by atoms with Crippen molar-refractivity contribution in [2.24, 2.45) is 11.7 Å². The molecule has 0 unspecified atom stereocenters. The summed E-state index contributed by atoms with van der Waals surface area (Å²) in [7, 11) is -1.64. The topological polar surface area (TPSA) is 63.4 Å². The van der Waals surface area contributed by atoms with E-state index in [1.54, 1.807) is 23.5 Å². The molecule has 1 saturated carbocycles. The van der Waals surface area contributed by atoms with Gasteiger partial charge in [-0.3, -0.25) is 0 Å². The van der Waals surface area contributed by atoms with Crippen molar-refractivity contribution >= 4 is 21.4 Å². The van der Waals surface area contributed by atoms with Crippen molar-refractivity contribution in [2.45, 2.75) is 55.8 Å². The van der Waals surface area contributed by atoms with Crippen LogP contribution in [-0.2, 0) is 16.6 Å². The van der Waals surface area contributed by atoms with Crippen LogP contribution in [-0.4, -0.2) is 25.8 Å². The molecule has 0 atom stereocenters. The van der Waals surface area contributed by atoms with Crippen molar-refractivity contribution in [3.8, 4) is 0 Å². The molecule has 0 amide bonds. The van der Waals surface area contributed by atoms with E-state index in [2.05, 4.69) is 6.92 Å². The van der Waals surface area contributed by atoms with Crippen LogP contribution in [0.25, 0.3) is 0 Å². The molecule has 0 saturated heterocycles. The van der Waals surface area contributed by atoms with Crippen LogP contribution in [0.2, 0.25) is 0 Å². The van der Waals surface area contributed by atoms with Crippen LogP contribution in [0.3, 0.4) is 0 Å². The van der Waals surface area contributed by atoms with Crippen molar-refractivity contribution in [1.82, 2.24) is 4.31 Å². The molecule has 1 fully saturated rings. The van der Waals surface area contributed by atoms with Gasteiger partial charge in [0.2, 0.25) is 0 Å². The maximum Gasteiger partial charge on any atom is 0.252 e. The zero-order valence-corrected chi connectivity index (χ0v) is 13.8. The number of thiophene rings is 1. The second-order valence-electron chi connectivity index (χ2n) is 5.53. The maximum absolute atomic E-state index is 12.6. The fourth-order valence-electron chi connectivity index (χ4n) is 2.86. The monoisotopic (exact) mass is 316 g/mol. The van der Waals surface area contributed by atoms with E-state index in [0.29, 0.717) is 10.8 Å². The molecular formula is C14H24N2O2S2. The highest BCUT2D eigenvalue weighted by molar-refractivity contribution is 7.91. The second kappa shape index (κ2) is 6.56. The normalized spacial score (nSPS) is 24.2. The summed E-state index contributed by atoms with van der Waals surface area (Å²) in [6.45, 7) is 2.61. The molecule has 114 valence electrons. The fraction of sp³-hybridized carbons (Fsp3) is 0.714. The molecule has 1 aromatic heterocycles. The van der Waals surface area contributed by atoms with Crippen LogP contribution < -0.4 is 5.73 Å². The largest absolute Gasteiger partial charge is 0.326 e. The minimum Gasteiger partial charge on any atom is -0.326 e. The zero-order chi connectivity index (χ0) is 14.8. The average Bonchev–Trinajstić information content (AvgIpc) is 2.96. The predicted octanol–water partition coefficient (Wildman–Crippen LogP) is 2.80. The highest BCUT2D eigenvalue weighted by atomic mass is 32.2. The van der Waals surface area contributed by atoms with Crippen LogP contribution in [0.5, 0.6) is 0 Å². The van der Waals surface area contributed by atoms with E-state index >= 15 is 0 Å². The van der Waals surface area contributed by atoms with Crippen molar-refractivity contribution < 1.29 is 8.42 Å². The van der Waals surface area contributed by atoms with Gasteiger partial charge in [0.25, 0.3) is 10.0 Å². The summed E-state index contributed by atoms with van der Waals surface area (Å²) < 4.78 is 27.2. The SMILES string of the molecule is CCC1CCC(N(C)S(=O)(=O)c2ccc(CN)s2)CC1. The third kappa shape index (κ3) is 3.24. The Labute approximate surface area is 126 Å². The van der Waals surface area contributed by atoms with Gasteiger partial charge >= 0.3 is 0 Å². The van der Waals surface area contributed by atoms with Crippen molar-refractivity contribution in [1.29, 1.82) is 0 Å². The quantitative estimate of drug-likeness (QED) is 0.908. The first-order chi connectivity index (χ1) is 9.48. The highest BCUT2D eigenvalue weighted by Crippen LogP contribution is 2.32. The van der Waals surface area contributed by atoms with E-state index in [4.69, 9.17) is 5.73 Å². The molecule has 0 radical (unpaired) electrons. The summed E-state index contributed by atoms with van der Waals surface area (Å²) in [6.07, 6.45) is 5.43. The van der Waals surface area contributed by atoms with Gasteiger partial charge in [-0.05, 0) is 43.7 Å². The molecule has 0 spiro atoms. The Hall–Kier alpha value is -0.430. The molecule has 2 rings (SSSR count). The van der Waals surface area contributed by atoms with Gasteiger partial charge in [-0.25, -0.2) is 8.42 Å². The minimum absolute atomic E-state index is 0.145. The van der Waals surface area contributed by atoms with E-state index in [1.807, 2.05) is 0 Å². The predicted molar refractivity (Wildman–Crippen MR) is 83.2 cm³/mol. The molecule has 1 heterocycles. The molecule has 1 aliphatic carbocycles. The fourth-order valence-corrected chi connectivity index (χ4v) is 5.70. The molecule has 1 aliphatic rings. The summed E-state index contributed by atoms with van der Waals surface area (Å²) >= 11 is 1.28. The summed E-state index contributed by atoms with van der Waals surface area (Å²) in [5.74, 6) is 0.771. The average molecular weight is 316 g/mol. The first kappa shape index (κ1) is 15.9. The Morgan fingerprint density at radius 3 is 2.45 bits per heavy atom. The Kier molecular flexibility index (Phi) is 5.23. The van der Waals surface area contributed by atoms with Gasteiger partial charge in [0.15, 0.2) is 0 Å². The Bertz CT molecular complexity index is 531. The first-order valence-corrected chi connectivity index (χ1v) is 9.51. The summed E-state index contributed by atoms with van der Waals surface area (Å²) in [4.78, 5) is 0.909. The van der Waals surface area contributed by atoms with Crippen molar-refractivity contribution in [3.05, 3.63) is 17.0 Å². The molecule has 0 aliphatic heterocycles. The third-order valence-corrected chi connectivity index (χ3v) is 7.86. The molecule has 1 aromatic rings. The Morgan fingerprint density at radius 1 is 1.30 bits per heavy atom. The molecule has 0 aromatic carbocycles. The standard InChI is InChI=1S/C14H24N2O2S2/c1-3-11-4-6-12(7-5-11)16(2)20(17,18)14-9-8-13(10-15)19-14/h8-9,11-12H,3-7,10,15H2,1-2H3. The van der Waals surface area contributed by atoms with E-state index in [9.17, 15) is 8.42 Å². The lowest BCUT2D eigenvalue weighted by Gasteiger charge is -2.33. The lowest BCUT2D eigenvalue weighted by Crippen LogP contribution is -2.39. The number of hydrogen-bond donors (Lipinski definition) is 1. The summed E-state index contributed by atoms with van der Waals surface area (Å²) in [5, 5.41) is 0. The van der Waals surface area contributed by atoms with Gasteiger partial charge in [0.05, 0.1) is 0 Å². The van der Waals surface area contributed by atoms with Gasteiger partial charge in [0.1, 0.15) is 4.21 Å². The van der Waals surface area contributed by atoms with E-state index in [0.717, 1.165) is 36.5 Å². The second-order valence-corrected chi connectivity index (χ2v) is 8.92. The zero-order valence-electron chi connectivity index (χ0n) is 12.2. The van der Waals surface area contributed by atoms with E-state index < -0.39 is 10.0 Å². The number of nitrogens with zero attached hydrogens (tertiary/aromatic N) is 1. The number of sulfonamides is 1. The maximum atomic E-state index is 12.6. The highest BCUT2D eigenvalue weighted by Gasteiger charge is 2.31. The van der Waals surface area contributed by atoms with E-state index in [-0.39, 0.29) is 6.04 Å².